The highest BCUT2D eigenvalue weighted by Crippen LogP contribution is 2.25. The first-order valence-corrected chi connectivity index (χ1v) is 8.42. The molecule has 2 atom stereocenters. The maximum Gasteiger partial charge on any atom is 0.138 e. The quantitative estimate of drug-likeness (QED) is 0.915. The maximum atomic E-state index is 11.3. The van der Waals surface area contributed by atoms with E-state index in [1.807, 2.05) is 25.3 Å². The van der Waals surface area contributed by atoms with Crippen LogP contribution in [0.3, 0.4) is 0 Å². The second-order valence-electron chi connectivity index (χ2n) is 4.17. The number of fused-ring (bicyclic) bond motifs is 1. The van der Waals surface area contributed by atoms with Crippen molar-refractivity contribution in [3.8, 4) is 0 Å². The number of hydrogen-bond acceptors (Lipinski definition) is 5. The summed E-state index contributed by atoms with van der Waals surface area (Å²) < 4.78 is 11.3. The van der Waals surface area contributed by atoms with Gasteiger partial charge in [0.25, 0.3) is 0 Å². The summed E-state index contributed by atoms with van der Waals surface area (Å²) >= 11 is 1.62. The van der Waals surface area contributed by atoms with Crippen molar-refractivity contribution in [2.45, 2.75) is 25.5 Å². The Morgan fingerprint density at radius 3 is 2.94 bits per heavy atom. The molecule has 2 aromatic rings. The van der Waals surface area contributed by atoms with Gasteiger partial charge in [-0.1, -0.05) is 6.92 Å². The van der Waals surface area contributed by atoms with Crippen molar-refractivity contribution in [2.24, 2.45) is 0 Å². The monoisotopic (exact) mass is 283 g/mol. The van der Waals surface area contributed by atoms with E-state index in [-0.39, 0.29) is 5.25 Å². The molecule has 0 radical (unpaired) electrons. The fraction of sp³-hybridized carbons (Fsp3) is 0.500. The van der Waals surface area contributed by atoms with Gasteiger partial charge < -0.3 is 5.32 Å². The van der Waals surface area contributed by atoms with E-state index in [0.717, 1.165) is 28.3 Å². The molecule has 0 amide bonds. The average molecular weight is 283 g/mol. The van der Waals surface area contributed by atoms with E-state index >= 15 is 0 Å². The molecule has 0 saturated carbocycles. The smallest absolute Gasteiger partial charge is 0.138 e. The van der Waals surface area contributed by atoms with Crippen LogP contribution < -0.4 is 5.32 Å². The summed E-state index contributed by atoms with van der Waals surface area (Å²) in [5.41, 5.74) is 0. The number of nitrogens with one attached hydrogen (secondary N) is 1. The topological polar surface area (TPSA) is 54.9 Å². The Balaban J connectivity index is 2.25. The van der Waals surface area contributed by atoms with E-state index in [9.17, 15) is 4.21 Å². The number of hydrogen-bond donors (Lipinski definition) is 1. The minimum absolute atomic E-state index is 0.110. The maximum absolute atomic E-state index is 11.3. The molecule has 2 heterocycles. The predicted octanol–water partition coefficient (Wildman–Crippen LogP) is 2.43. The van der Waals surface area contributed by atoms with Crippen molar-refractivity contribution >= 4 is 38.2 Å². The largest absolute Gasteiger partial charge is 0.368 e. The molecule has 0 aliphatic carbocycles. The van der Waals surface area contributed by atoms with Crippen LogP contribution in [0.1, 0.15) is 19.7 Å². The van der Waals surface area contributed by atoms with Gasteiger partial charge in [0.15, 0.2) is 0 Å². The van der Waals surface area contributed by atoms with Crippen molar-refractivity contribution in [3.63, 3.8) is 0 Å². The van der Waals surface area contributed by atoms with Gasteiger partial charge in [0.1, 0.15) is 16.5 Å². The third-order valence-electron chi connectivity index (χ3n) is 2.81. The van der Waals surface area contributed by atoms with Crippen LogP contribution in [0.5, 0.6) is 0 Å². The summed E-state index contributed by atoms with van der Waals surface area (Å²) in [5, 5.41) is 6.47. The molecule has 0 bridgehead atoms. The fourth-order valence-corrected chi connectivity index (χ4v) is 2.65. The molecule has 0 aromatic carbocycles. The lowest BCUT2D eigenvalue weighted by Gasteiger charge is -2.11. The number of aryl methyl sites for hydroxylation is 1. The lowest BCUT2D eigenvalue weighted by atomic mass is 10.3. The van der Waals surface area contributed by atoms with Crippen molar-refractivity contribution in [2.75, 3.05) is 18.1 Å². The Morgan fingerprint density at radius 1 is 1.50 bits per heavy atom. The van der Waals surface area contributed by atoms with Crippen molar-refractivity contribution < 1.29 is 4.21 Å². The number of thiophene rings is 1. The first-order chi connectivity index (χ1) is 8.61. The summed E-state index contributed by atoms with van der Waals surface area (Å²) in [6.45, 7) is 4.67. The van der Waals surface area contributed by atoms with Gasteiger partial charge in [0.2, 0.25) is 0 Å². The number of aromatic nitrogens is 2. The van der Waals surface area contributed by atoms with Gasteiger partial charge in [0, 0.05) is 35.3 Å². The van der Waals surface area contributed by atoms with Gasteiger partial charge in [-0.3, -0.25) is 4.21 Å². The molecule has 6 heteroatoms. The number of nitrogens with zero attached hydrogens (tertiary/aromatic N) is 2. The first-order valence-electron chi connectivity index (χ1n) is 5.92. The zero-order valence-corrected chi connectivity index (χ0v) is 12.4. The van der Waals surface area contributed by atoms with E-state index in [2.05, 4.69) is 15.3 Å². The van der Waals surface area contributed by atoms with Crippen LogP contribution in [-0.4, -0.2) is 32.2 Å². The van der Waals surface area contributed by atoms with Gasteiger partial charge in [-0.2, -0.15) is 0 Å². The second kappa shape index (κ2) is 5.75. The van der Waals surface area contributed by atoms with Gasteiger partial charge in [-0.25, -0.2) is 9.97 Å². The van der Waals surface area contributed by atoms with Crippen molar-refractivity contribution in [1.82, 2.24) is 9.97 Å². The van der Waals surface area contributed by atoms with Gasteiger partial charge in [-0.15, -0.1) is 11.3 Å². The zero-order valence-electron chi connectivity index (χ0n) is 10.8. The number of anilines is 1. The van der Waals surface area contributed by atoms with Gasteiger partial charge in [0.05, 0.1) is 5.39 Å². The molecule has 4 nitrogen and oxygen atoms in total. The van der Waals surface area contributed by atoms with Crippen LogP contribution in [0.4, 0.5) is 5.82 Å². The number of rotatable bonds is 5. The zero-order chi connectivity index (χ0) is 13.1. The lowest BCUT2D eigenvalue weighted by Crippen LogP contribution is -2.21. The minimum atomic E-state index is -0.819. The second-order valence-corrected chi connectivity index (χ2v) is 6.87. The summed E-state index contributed by atoms with van der Waals surface area (Å²) in [5.74, 6) is 1.70. The van der Waals surface area contributed by atoms with Crippen molar-refractivity contribution in [1.29, 1.82) is 0 Å². The van der Waals surface area contributed by atoms with E-state index in [4.69, 9.17) is 0 Å². The Morgan fingerprint density at radius 2 is 2.28 bits per heavy atom. The fourth-order valence-electron chi connectivity index (χ4n) is 1.55. The Kier molecular flexibility index (Phi) is 4.29. The third-order valence-corrected chi connectivity index (χ3v) is 4.92. The van der Waals surface area contributed by atoms with Crippen LogP contribution in [0.15, 0.2) is 11.4 Å². The molecule has 0 aliphatic heterocycles. The molecule has 0 saturated heterocycles. The molecule has 1 N–H and O–H groups in total. The molecule has 0 spiro atoms. The van der Waals surface area contributed by atoms with Crippen LogP contribution >= 0.6 is 11.3 Å². The van der Waals surface area contributed by atoms with E-state index in [0.29, 0.717) is 6.54 Å². The molecule has 0 aliphatic rings. The molecular formula is C12H17N3OS2. The molecule has 98 valence electrons. The van der Waals surface area contributed by atoms with E-state index in [1.54, 1.807) is 17.6 Å². The SMILES string of the molecule is CCc1nc(NCC(C)S(C)=O)c2ccsc2n1. The highest BCUT2D eigenvalue weighted by Gasteiger charge is 2.10. The Labute approximate surface area is 113 Å². The van der Waals surface area contributed by atoms with Crippen LogP contribution in [0, 0.1) is 0 Å². The summed E-state index contributed by atoms with van der Waals surface area (Å²) in [7, 11) is -0.819. The normalized spacial score (nSPS) is 14.6. The Hall–Kier alpha value is -1.01. The van der Waals surface area contributed by atoms with Crippen LogP contribution in [0.2, 0.25) is 0 Å². The standard InChI is InChI=1S/C12H17N3OS2/c1-4-10-14-11(13-7-8(2)18(3)16)9-5-6-17-12(9)15-10/h5-6,8H,4,7H2,1-3H3,(H,13,14,15). The average Bonchev–Trinajstić information content (AvgIpc) is 2.83. The lowest BCUT2D eigenvalue weighted by molar-refractivity contribution is 0.679. The summed E-state index contributed by atoms with van der Waals surface area (Å²) in [6.07, 6.45) is 2.54. The highest BCUT2D eigenvalue weighted by molar-refractivity contribution is 7.84. The third kappa shape index (κ3) is 2.87. The molecule has 18 heavy (non-hydrogen) atoms. The summed E-state index contributed by atoms with van der Waals surface area (Å²) in [4.78, 5) is 10.0. The molecule has 2 rings (SSSR count). The summed E-state index contributed by atoms with van der Waals surface area (Å²) in [6, 6.07) is 2.02. The highest BCUT2D eigenvalue weighted by atomic mass is 32.2. The van der Waals surface area contributed by atoms with Gasteiger partial charge >= 0.3 is 0 Å². The molecule has 2 aromatic heterocycles. The molecule has 2 unspecified atom stereocenters. The van der Waals surface area contributed by atoms with Gasteiger partial charge in [-0.05, 0) is 18.4 Å². The Bertz CT molecular complexity index is 567. The molecular weight excluding hydrogens is 266 g/mol. The van der Waals surface area contributed by atoms with E-state index < -0.39 is 10.8 Å². The predicted molar refractivity (Wildman–Crippen MR) is 78.8 cm³/mol. The molecule has 0 fully saturated rings. The minimum Gasteiger partial charge on any atom is -0.368 e. The van der Waals surface area contributed by atoms with Crippen molar-refractivity contribution in [3.05, 3.63) is 17.3 Å². The van der Waals surface area contributed by atoms with Crippen LogP contribution in [0.25, 0.3) is 10.2 Å². The van der Waals surface area contributed by atoms with Crippen LogP contribution in [-0.2, 0) is 17.2 Å². The first kappa shape index (κ1) is 13.4. The van der Waals surface area contributed by atoms with E-state index in [1.165, 1.54) is 0 Å².